The highest BCUT2D eigenvalue weighted by Crippen LogP contribution is 2.78. The van der Waals surface area contributed by atoms with E-state index in [9.17, 15) is 19.5 Å². The van der Waals surface area contributed by atoms with Crippen LogP contribution < -0.4 is 0 Å². The quantitative estimate of drug-likeness (QED) is 0.349. The molecule has 5 aliphatic carbocycles. The standard InChI is InChI=1S/C38H52O6/c1-33(2)18-20-38-21-19-36(6)24(28(38)29(33)44-32(38)42)12-13-26-35(5)16-15-27(34(3,4)25(35)14-17-37(26,36)7)43-31(41)23-11-9-8-10-22(23)30(39)40/h8-11,24-29H,12-21H2,1-7H3,(H,39,40)/t24-,25-,26-,27+,28-,29-,35+,36-,37-,38-/m1/s1. The van der Waals surface area contributed by atoms with Crippen molar-refractivity contribution in [3.8, 4) is 0 Å². The van der Waals surface area contributed by atoms with Crippen molar-refractivity contribution in [2.24, 2.45) is 56.2 Å². The van der Waals surface area contributed by atoms with Crippen molar-refractivity contribution in [3.63, 3.8) is 0 Å². The lowest BCUT2D eigenvalue weighted by atomic mass is 9.31. The summed E-state index contributed by atoms with van der Waals surface area (Å²) in [6.07, 6.45) is 10.3. The number of rotatable bonds is 3. The maximum atomic E-state index is 13.5. The van der Waals surface area contributed by atoms with Crippen LogP contribution in [0.3, 0.4) is 0 Å². The predicted molar refractivity (Wildman–Crippen MR) is 167 cm³/mol. The fourth-order valence-electron chi connectivity index (χ4n) is 13.1. The van der Waals surface area contributed by atoms with Gasteiger partial charge in [0.05, 0.1) is 16.5 Å². The van der Waals surface area contributed by atoms with Gasteiger partial charge in [0.2, 0.25) is 0 Å². The minimum atomic E-state index is -1.11. The molecule has 1 aromatic carbocycles. The predicted octanol–water partition coefficient (Wildman–Crippen LogP) is 8.33. The molecule has 1 N–H and O–H groups in total. The molecule has 5 saturated carbocycles. The number of aromatic carboxylic acids is 1. The fourth-order valence-corrected chi connectivity index (χ4v) is 13.1. The van der Waals surface area contributed by atoms with E-state index < -0.39 is 11.9 Å². The van der Waals surface area contributed by atoms with E-state index in [4.69, 9.17) is 9.47 Å². The molecule has 240 valence electrons. The molecular weight excluding hydrogens is 552 g/mol. The van der Waals surface area contributed by atoms with E-state index >= 15 is 0 Å². The van der Waals surface area contributed by atoms with Crippen LogP contribution in [0, 0.1) is 56.2 Å². The first kappa shape index (κ1) is 30.3. The Bertz CT molecular complexity index is 1410. The van der Waals surface area contributed by atoms with Gasteiger partial charge in [-0.3, -0.25) is 4.79 Å². The molecule has 10 atom stereocenters. The molecule has 0 unspecified atom stereocenters. The van der Waals surface area contributed by atoms with Gasteiger partial charge in [-0.1, -0.05) is 60.6 Å². The van der Waals surface area contributed by atoms with Crippen molar-refractivity contribution in [2.75, 3.05) is 0 Å². The van der Waals surface area contributed by atoms with Crippen LogP contribution in [-0.2, 0) is 14.3 Å². The highest BCUT2D eigenvalue weighted by molar-refractivity contribution is 6.02. The zero-order valence-corrected chi connectivity index (χ0v) is 27.8. The van der Waals surface area contributed by atoms with E-state index in [2.05, 4.69) is 48.5 Å². The minimum Gasteiger partial charge on any atom is -0.478 e. The second-order valence-electron chi connectivity index (χ2n) is 17.8. The van der Waals surface area contributed by atoms with Crippen LogP contribution in [-0.4, -0.2) is 35.2 Å². The molecule has 0 amide bonds. The highest BCUT2D eigenvalue weighted by Gasteiger charge is 2.75. The Labute approximate surface area is 263 Å². The number of hydrogen-bond donors (Lipinski definition) is 1. The number of fused-ring (bicyclic) bond motifs is 5. The van der Waals surface area contributed by atoms with Gasteiger partial charge in [-0.2, -0.15) is 0 Å². The lowest BCUT2D eigenvalue weighted by molar-refractivity contribution is -0.252. The number of carboxylic acid groups (broad SMARTS) is 1. The number of carbonyl (C=O) groups excluding carboxylic acids is 2. The molecule has 6 fully saturated rings. The summed E-state index contributed by atoms with van der Waals surface area (Å²) >= 11 is 0. The number of benzene rings is 1. The molecule has 0 spiro atoms. The van der Waals surface area contributed by atoms with Gasteiger partial charge in [0, 0.05) is 16.7 Å². The monoisotopic (exact) mass is 604 g/mol. The van der Waals surface area contributed by atoms with Crippen molar-refractivity contribution < 1.29 is 29.0 Å². The molecule has 7 rings (SSSR count). The smallest absolute Gasteiger partial charge is 0.339 e. The summed E-state index contributed by atoms with van der Waals surface area (Å²) in [5, 5.41) is 9.65. The summed E-state index contributed by atoms with van der Waals surface area (Å²) in [6, 6.07) is 6.36. The Kier molecular flexibility index (Phi) is 6.43. The van der Waals surface area contributed by atoms with Crippen LogP contribution in [0.5, 0.6) is 0 Å². The second-order valence-corrected chi connectivity index (χ2v) is 17.8. The number of ether oxygens (including phenoxy) is 2. The van der Waals surface area contributed by atoms with Crippen molar-refractivity contribution in [2.45, 2.75) is 125 Å². The Morgan fingerprint density at radius 1 is 0.795 bits per heavy atom. The maximum absolute atomic E-state index is 13.5. The molecule has 6 nitrogen and oxygen atoms in total. The average molecular weight is 605 g/mol. The largest absolute Gasteiger partial charge is 0.478 e. The summed E-state index contributed by atoms with van der Waals surface area (Å²) in [6.45, 7) is 16.9. The zero-order valence-electron chi connectivity index (χ0n) is 27.8. The molecule has 1 saturated heterocycles. The van der Waals surface area contributed by atoms with Gasteiger partial charge >= 0.3 is 17.9 Å². The Balaban J connectivity index is 1.17. The molecule has 0 radical (unpaired) electrons. The van der Waals surface area contributed by atoms with Crippen LogP contribution in [0.25, 0.3) is 0 Å². The fraction of sp³-hybridized carbons (Fsp3) is 0.763. The molecule has 1 aromatic rings. The summed E-state index contributed by atoms with van der Waals surface area (Å²) in [4.78, 5) is 38.7. The molecule has 44 heavy (non-hydrogen) atoms. The molecular formula is C38H52O6. The van der Waals surface area contributed by atoms with Gasteiger partial charge in [-0.05, 0) is 110 Å². The Morgan fingerprint density at radius 3 is 2.18 bits per heavy atom. The van der Waals surface area contributed by atoms with Gasteiger partial charge in [-0.15, -0.1) is 0 Å². The molecule has 0 aromatic heterocycles. The van der Waals surface area contributed by atoms with Crippen molar-refractivity contribution >= 4 is 17.9 Å². The average Bonchev–Trinajstić information content (AvgIpc) is 3.22. The van der Waals surface area contributed by atoms with Gasteiger partial charge in [0.25, 0.3) is 0 Å². The van der Waals surface area contributed by atoms with Gasteiger partial charge in [0.15, 0.2) is 0 Å². The summed E-state index contributed by atoms with van der Waals surface area (Å²) in [5.41, 5.74) is 0.109. The number of carbonyl (C=O) groups is 3. The molecule has 1 aliphatic heterocycles. The van der Waals surface area contributed by atoms with Crippen LogP contribution in [0.2, 0.25) is 0 Å². The third-order valence-electron chi connectivity index (χ3n) is 15.6. The Morgan fingerprint density at radius 2 is 1.48 bits per heavy atom. The topological polar surface area (TPSA) is 89.9 Å². The zero-order chi connectivity index (χ0) is 31.7. The van der Waals surface area contributed by atoms with Crippen LogP contribution in [0.1, 0.15) is 133 Å². The van der Waals surface area contributed by atoms with Crippen LogP contribution >= 0.6 is 0 Å². The third-order valence-corrected chi connectivity index (χ3v) is 15.6. The van der Waals surface area contributed by atoms with Crippen LogP contribution in [0.4, 0.5) is 0 Å². The van der Waals surface area contributed by atoms with E-state index in [1.807, 2.05) is 0 Å². The van der Waals surface area contributed by atoms with Gasteiger partial charge in [-0.25, -0.2) is 9.59 Å². The SMILES string of the molecule is CC1(C)CC[C@@]23CC[C@]4(C)[C@H](CC[C@@H]5[C@@]6(C)CC[C@H](OC(=O)c7ccccc7C(=O)O)C(C)(C)[C@H]6CC[C@]54C)[C@@H]2[C@H]1OC3=O. The van der Waals surface area contributed by atoms with E-state index in [-0.39, 0.29) is 61.8 Å². The van der Waals surface area contributed by atoms with Crippen molar-refractivity contribution in [1.29, 1.82) is 0 Å². The lowest BCUT2D eigenvalue weighted by Gasteiger charge is -2.73. The van der Waals surface area contributed by atoms with E-state index in [0.29, 0.717) is 23.7 Å². The lowest BCUT2D eigenvalue weighted by Crippen LogP contribution is -2.68. The summed E-state index contributed by atoms with van der Waals surface area (Å²) < 4.78 is 12.5. The summed E-state index contributed by atoms with van der Waals surface area (Å²) in [5.74, 6) is 0.269. The second kappa shape index (κ2) is 9.35. The highest BCUT2D eigenvalue weighted by atomic mass is 16.6. The van der Waals surface area contributed by atoms with E-state index in [1.54, 1.807) is 18.2 Å². The maximum Gasteiger partial charge on any atom is 0.339 e. The first-order chi connectivity index (χ1) is 20.5. The van der Waals surface area contributed by atoms with E-state index in [1.165, 1.54) is 18.9 Å². The molecule has 6 aliphatic rings. The number of carboxylic acids is 1. The first-order valence-electron chi connectivity index (χ1n) is 17.3. The van der Waals surface area contributed by atoms with Gasteiger partial charge in [0.1, 0.15) is 12.2 Å². The van der Waals surface area contributed by atoms with Crippen LogP contribution in [0.15, 0.2) is 24.3 Å². The first-order valence-corrected chi connectivity index (χ1v) is 17.3. The molecule has 1 heterocycles. The normalized spacial score (nSPS) is 46.4. The number of hydrogen-bond acceptors (Lipinski definition) is 5. The number of esters is 2. The minimum absolute atomic E-state index is 0.00876. The van der Waals surface area contributed by atoms with Crippen molar-refractivity contribution in [1.82, 2.24) is 0 Å². The molecule has 6 heteroatoms. The Hall–Kier alpha value is -2.37. The summed E-state index contributed by atoms with van der Waals surface area (Å²) in [7, 11) is 0. The van der Waals surface area contributed by atoms with Gasteiger partial charge < -0.3 is 14.6 Å². The van der Waals surface area contributed by atoms with Crippen molar-refractivity contribution in [3.05, 3.63) is 35.4 Å². The van der Waals surface area contributed by atoms with E-state index in [0.717, 1.165) is 51.4 Å². The third kappa shape index (κ3) is 3.69. The molecule has 2 bridgehead atoms.